The van der Waals surface area contributed by atoms with E-state index >= 15 is 0 Å². The number of nitrogens with one attached hydrogen (secondary N) is 1. The van der Waals surface area contributed by atoms with E-state index in [0.29, 0.717) is 0 Å². The van der Waals surface area contributed by atoms with Crippen molar-refractivity contribution < 1.29 is 4.74 Å². The molecule has 0 aliphatic rings. The van der Waals surface area contributed by atoms with Crippen molar-refractivity contribution in [3.63, 3.8) is 0 Å². The topological polar surface area (TPSA) is 47.0 Å². The van der Waals surface area contributed by atoms with Gasteiger partial charge in [-0.3, -0.25) is 4.57 Å². The molecule has 0 aliphatic carbocycles. The van der Waals surface area contributed by atoms with E-state index < -0.39 is 0 Å². The Kier molecular flexibility index (Phi) is 3.99. The van der Waals surface area contributed by atoms with Gasteiger partial charge in [-0.15, -0.1) is 0 Å². The van der Waals surface area contributed by atoms with Crippen LogP contribution < -0.4 is 16.4 Å². The predicted octanol–water partition coefficient (Wildman–Crippen LogP) is 0.457. The minimum absolute atomic E-state index is 0.110. The molecule has 1 rings (SSSR count). The average molecular weight is 224 g/mol. The summed E-state index contributed by atoms with van der Waals surface area (Å²) in [5, 5.41) is 1.67. The molecule has 4 nitrogen and oxygen atoms in total. The van der Waals surface area contributed by atoms with Crippen molar-refractivity contribution in [1.29, 1.82) is 0 Å². The van der Waals surface area contributed by atoms with Gasteiger partial charge >= 0.3 is 5.69 Å². The Morgan fingerprint density at radius 2 is 2.19 bits per heavy atom. The van der Waals surface area contributed by atoms with E-state index in [9.17, 15) is 4.79 Å². The summed E-state index contributed by atoms with van der Waals surface area (Å²) in [5.41, 5.74) is -0.110. The number of aromatic amines is 1. The third-order valence-electron chi connectivity index (χ3n) is 2.29. The molecule has 90 valence electrons. The van der Waals surface area contributed by atoms with E-state index in [1.807, 2.05) is 33.8 Å². The fraction of sp³-hybridized carbons (Fsp3) is 0.583. The van der Waals surface area contributed by atoms with Crippen LogP contribution in [0.4, 0.5) is 0 Å². The van der Waals surface area contributed by atoms with Gasteiger partial charge in [0.2, 0.25) is 0 Å². The van der Waals surface area contributed by atoms with Gasteiger partial charge in [-0.1, -0.05) is 13.0 Å². The lowest BCUT2D eigenvalue weighted by Gasteiger charge is -2.09. The van der Waals surface area contributed by atoms with Gasteiger partial charge in [0.25, 0.3) is 0 Å². The van der Waals surface area contributed by atoms with Crippen LogP contribution in [0.5, 0.6) is 0 Å². The van der Waals surface area contributed by atoms with Crippen LogP contribution in [-0.4, -0.2) is 15.7 Å². The van der Waals surface area contributed by atoms with E-state index in [2.05, 4.69) is 4.98 Å². The quantitative estimate of drug-likeness (QED) is 0.810. The third-order valence-corrected chi connectivity index (χ3v) is 2.29. The van der Waals surface area contributed by atoms with Gasteiger partial charge in [0.1, 0.15) is 11.1 Å². The Hall–Kier alpha value is -1.45. The Bertz CT molecular complexity index is 520. The van der Waals surface area contributed by atoms with Gasteiger partial charge in [0.05, 0.1) is 11.5 Å². The first-order valence-corrected chi connectivity index (χ1v) is 5.60. The molecule has 0 radical (unpaired) electrons. The third kappa shape index (κ3) is 2.56. The SMILES string of the molecule is CC/C=c1/[nH]c(=O)n(C)/c1=C(/C)OC(C)C. The van der Waals surface area contributed by atoms with Crippen molar-refractivity contribution in [1.82, 2.24) is 9.55 Å². The zero-order valence-corrected chi connectivity index (χ0v) is 10.6. The first kappa shape index (κ1) is 12.6. The van der Waals surface area contributed by atoms with E-state index in [0.717, 1.165) is 22.9 Å². The molecule has 0 spiro atoms. The molecule has 4 heteroatoms. The smallest absolute Gasteiger partial charge is 0.326 e. The number of nitrogens with zero attached hydrogens (tertiary/aromatic N) is 1. The fourth-order valence-corrected chi connectivity index (χ4v) is 1.73. The molecule has 0 aromatic carbocycles. The average Bonchev–Trinajstić information content (AvgIpc) is 2.42. The predicted molar refractivity (Wildman–Crippen MR) is 65.3 cm³/mol. The molecule has 16 heavy (non-hydrogen) atoms. The van der Waals surface area contributed by atoms with Crippen molar-refractivity contribution >= 4 is 11.8 Å². The largest absolute Gasteiger partial charge is 0.493 e. The minimum atomic E-state index is -0.110. The van der Waals surface area contributed by atoms with Crippen LogP contribution in [-0.2, 0) is 11.8 Å². The molecule has 1 aromatic heterocycles. The van der Waals surface area contributed by atoms with Crippen LogP contribution in [0.15, 0.2) is 4.79 Å². The molecular weight excluding hydrogens is 204 g/mol. The van der Waals surface area contributed by atoms with Crippen molar-refractivity contribution in [3.05, 3.63) is 21.2 Å². The molecule has 0 unspecified atom stereocenters. The van der Waals surface area contributed by atoms with Gasteiger partial charge in [0.15, 0.2) is 0 Å². The normalized spacial score (nSPS) is 14.5. The van der Waals surface area contributed by atoms with Crippen LogP contribution in [0.1, 0.15) is 34.1 Å². The Labute approximate surface area is 95.3 Å². The van der Waals surface area contributed by atoms with E-state index in [1.54, 1.807) is 11.6 Å². The first-order valence-electron chi connectivity index (χ1n) is 5.60. The molecule has 0 aliphatic heterocycles. The highest BCUT2D eigenvalue weighted by atomic mass is 16.5. The molecule has 0 saturated heterocycles. The van der Waals surface area contributed by atoms with E-state index in [4.69, 9.17) is 4.74 Å². The molecule has 0 amide bonds. The van der Waals surface area contributed by atoms with E-state index in [1.165, 1.54) is 0 Å². The number of hydrogen-bond acceptors (Lipinski definition) is 2. The van der Waals surface area contributed by atoms with Gasteiger partial charge in [-0.2, -0.15) is 0 Å². The molecular formula is C12H20N2O2. The molecule has 1 N–H and O–H groups in total. The molecule has 0 bridgehead atoms. The summed E-state index contributed by atoms with van der Waals surface area (Å²) in [6.07, 6.45) is 2.98. The maximum atomic E-state index is 11.5. The number of ether oxygens (including phenoxy) is 1. The summed E-state index contributed by atoms with van der Waals surface area (Å²) in [6.45, 7) is 7.86. The van der Waals surface area contributed by atoms with Gasteiger partial charge < -0.3 is 9.72 Å². The number of rotatable bonds is 3. The molecule has 1 heterocycles. The first-order chi connectivity index (χ1) is 7.47. The van der Waals surface area contributed by atoms with Gasteiger partial charge in [-0.25, -0.2) is 4.79 Å². The van der Waals surface area contributed by atoms with Crippen molar-refractivity contribution in [2.75, 3.05) is 0 Å². The highest BCUT2D eigenvalue weighted by Crippen LogP contribution is 1.98. The number of H-pyrrole nitrogens is 1. The molecule has 0 fully saturated rings. The summed E-state index contributed by atoms with van der Waals surface area (Å²) in [5.74, 6) is 0.774. The lowest BCUT2D eigenvalue weighted by atomic mass is 10.3. The lowest BCUT2D eigenvalue weighted by molar-refractivity contribution is 0.197. The molecule has 1 aromatic rings. The number of aromatic nitrogens is 2. The summed E-state index contributed by atoms with van der Waals surface area (Å²) in [4.78, 5) is 14.4. The monoisotopic (exact) mass is 224 g/mol. The van der Waals surface area contributed by atoms with Crippen LogP contribution in [0.3, 0.4) is 0 Å². The lowest BCUT2D eigenvalue weighted by Crippen LogP contribution is -2.33. The summed E-state index contributed by atoms with van der Waals surface area (Å²) >= 11 is 0. The maximum Gasteiger partial charge on any atom is 0.326 e. The fourth-order valence-electron chi connectivity index (χ4n) is 1.73. The zero-order chi connectivity index (χ0) is 12.3. The van der Waals surface area contributed by atoms with Crippen molar-refractivity contribution in [2.24, 2.45) is 7.05 Å². The van der Waals surface area contributed by atoms with Crippen LogP contribution in [0, 0.1) is 0 Å². The Morgan fingerprint density at radius 1 is 1.56 bits per heavy atom. The van der Waals surface area contributed by atoms with Gasteiger partial charge in [0, 0.05) is 7.05 Å². The van der Waals surface area contributed by atoms with Crippen molar-refractivity contribution in [2.45, 2.75) is 40.2 Å². The number of imidazole rings is 1. The summed E-state index contributed by atoms with van der Waals surface area (Å²) < 4.78 is 7.22. The van der Waals surface area contributed by atoms with Crippen LogP contribution in [0.25, 0.3) is 11.8 Å². The zero-order valence-electron chi connectivity index (χ0n) is 10.6. The molecule has 0 atom stereocenters. The second-order valence-electron chi connectivity index (χ2n) is 4.09. The van der Waals surface area contributed by atoms with E-state index in [-0.39, 0.29) is 11.8 Å². The Morgan fingerprint density at radius 3 is 2.69 bits per heavy atom. The highest BCUT2D eigenvalue weighted by Gasteiger charge is 2.04. The summed E-state index contributed by atoms with van der Waals surface area (Å²) in [6, 6.07) is 0. The van der Waals surface area contributed by atoms with Gasteiger partial charge in [-0.05, 0) is 27.2 Å². The van der Waals surface area contributed by atoms with Crippen molar-refractivity contribution in [3.8, 4) is 0 Å². The second kappa shape index (κ2) is 5.05. The van der Waals surface area contributed by atoms with Crippen LogP contribution >= 0.6 is 0 Å². The summed E-state index contributed by atoms with van der Waals surface area (Å²) in [7, 11) is 1.74. The molecule has 0 saturated carbocycles. The number of hydrogen-bond donors (Lipinski definition) is 1. The van der Waals surface area contributed by atoms with Crippen LogP contribution in [0.2, 0.25) is 0 Å². The highest BCUT2D eigenvalue weighted by molar-refractivity contribution is 5.33. The minimum Gasteiger partial charge on any atom is -0.493 e. The standard InChI is InChI=1S/C12H20N2O2/c1-6-7-10-11(9(4)16-8(2)3)14(5)12(15)13-10/h7-8H,6H2,1-5H3,(H,13,15)/b10-7+,11-9-. The maximum absolute atomic E-state index is 11.5. The second-order valence-corrected chi connectivity index (χ2v) is 4.09. The Balaban J connectivity index is 3.53.